The number of nitrogens with one attached hydrogen (secondary N) is 1. The number of rotatable bonds is 9. The Bertz CT molecular complexity index is 1750. The van der Waals surface area contributed by atoms with Crippen LogP contribution in [0.4, 0.5) is 5.69 Å². The number of amides is 1. The van der Waals surface area contributed by atoms with Crippen molar-refractivity contribution < 1.29 is 17.9 Å². The Morgan fingerprint density at radius 3 is 2.54 bits per heavy atom. The molecule has 41 heavy (non-hydrogen) atoms. The number of fused-ring (bicyclic) bond motifs is 1. The predicted molar refractivity (Wildman–Crippen MR) is 162 cm³/mol. The second-order valence-corrected chi connectivity index (χ2v) is 12.6. The summed E-state index contributed by atoms with van der Waals surface area (Å²) in [6.45, 7) is 5.04. The number of piperidine rings is 1. The number of carbonyl (C=O) groups excluding carboxylic acids is 1. The average Bonchev–Trinajstić information content (AvgIpc) is 2.98. The van der Waals surface area contributed by atoms with Crippen LogP contribution in [0.25, 0.3) is 16.6 Å². The molecule has 4 aromatic rings. The Morgan fingerprint density at radius 1 is 1.02 bits per heavy atom. The van der Waals surface area contributed by atoms with Gasteiger partial charge in [-0.05, 0) is 68.7 Å². The van der Waals surface area contributed by atoms with Gasteiger partial charge in [0.1, 0.15) is 5.75 Å². The maximum atomic E-state index is 13.6. The summed E-state index contributed by atoms with van der Waals surface area (Å²) in [7, 11) is -3.66. The summed E-state index contributed by atoms with van der Waals surface area (Å²) >= 11 is 1.12. The summed E-state index contributed by atoms with van der Waals surface area (Å²) < 4.78 is 35.4. The molecule has 11 heteroatoms. The minimum atomic E-state index is -3.66. The summed E-state index contributed by atoms with van der Waals surface area (Å²) in [5.41, 5.74) is 1.81. The Morgan fingerprint density at radius 2 is 1.76 bits per heavy atom. The third kappa shape index (κ3) is 6.17. The number of nitrogens with zero attached hydrogens (tertiary/aromatic N) is 3. The number of benzene rings is 3. The van der Waals surface area contributed by atoms with Gasteiger partial charge < -0.3 is 10.1 Å². The molecule has 5 rings (SSSR count). The summed E-state index contributed by atoms with van der Waals surface area (Å²) in [5.74, 6) is 0.124. The van der Waals surface area contributed by atoms with Crippen LogP contribution >= 0.6 is 11.8 Å². The molecule has 0 atom stereocenters. The minimum Gasteiger partial charge on any atom is -0.492 e. The van der Waals surface area contributed by atoms with Crippen molar-refractivity contribution in [1.29, 1.82) is 0 Å². The third-order valence-electron chi connectivity index (χ3n) is 6.89. The molecule has 1 aliphatic rings. The molecule has 1 N–H and O–H groups in total. The maximum absolute atomic E-state index is 13.6. The molecule has 1 amide bonds. The molecule has 214 valence electrons. The Hall–Kier alpha value is -3.67. The molecule has 0 spiro atoms. The molecule has 1 aliphatic heterocycles. The van der Waals surface area contributed by atoms with E-state index in [1.807, 2.05) is 19.1 Å². The van der Waals surface area contributed by atoms with E-state index in [1.54, 1.807) is 55.5 Å². The SMILES string of the molecule is CCOc1ccccc1-n1c(SCC(=O)Nc2ccc(C)c(S(=O)(=O)N3CCCCC3)c2)nc2ccccc2c1=O. The lowest BCUT2D eigenvalue weighted by atomic mass is 10.2. The van der Waals surface area contributed by atoms with Gasteiger partial charge in [0.2, 0.25) is 15.9 Å². The lowest BCUT2D eigenvalue weighted by molar-refractivity contribution is -0.113. The Kier molecular flexibility index (Phi) is 8.77. The highest BCUT2D eigenvalue weighted by molar-refractivity contribution is 7.99. The second kappa shape index (κ2) is 12.5. The number of hydrogen-bond acceptors (Lipinski definition) is 7. The summed E-state index contributed by atoms with van der Waals surface area (Å²) in [6, 6.07) is 19.2. The van der Waals surface area contributed by atoms with Crippen molar-refractivity contribution in [3.05, 3.63) is 82.6 Å². The fourth-order valence-electron chi connectivity index (χ4n) is 4.87. The summed E-state index contributed by atoms with van der Waals surface area (Å²) in [6.07, 6.45) is 2.71. The lowest BCUT2D eigenvalue weighted by Gasteiger charge is -2.26. The van der Waals surface area contributed by atoms with Crippen LogP contribution in [0.1, 0.15) is 31.7 Å². The topological polar surface area (TPSA) is 111 Å². The van der Waals surface area contributed by atoms with Crippen LogP contribution in [0.2, 0.25) is 0 Å². The van der Waals surface area contributed by atoms with Gasteiger partial charge in [-0.1, -0.05) is 48.5 Å². The number of aromatic nitrogens is 2. The molecule has 0 radical (unpaired) electrons. The van der Waals surface area contributed by atoms with E-state index in [9.17, 15) is 18.0 Å². The lowest BCUT2D eigenvalue weighted by Crippen LogP contribution is -2.36. The van der Waals surface area contributed by atoms with Gasteiger partial charge in [-0.3, -0.25) is 14.2 Å². The highest BCUT2D eigenvalue weighted by atomic mass is 32.2. The van der Waals surface area contributed by atoms with Crippen LogP contribution in [0.3, 0.4) is 0 Å². The molecule has 0 bridgehead atoms. The molecule has 0 unspecified atom stereocenters. The first kappa shape index (κ1) is 28.8. The number of aryl methyl sites for hydroxylation is 1. The first-order valence-corrected chi connectivity index (χ1v) is 16.0. The van der Waals surface area contributed by atoms with Crippen molar-refractivity contribution in [2.24, 2.45) is 0 Å². The molecule has 0 saturated carbocycles. The van der Waals surface area contributed by atoms with Gasteiger partial charge in [-0.2, -0.15) is 4.31 Å². The van der Waals surface area contributed by atoms with Crippen LogP contribution in [0.15, 0.2) is 81.6 Å². The van der Waals surface area contributed by atoms with Crippen molar-refractivity contribution in [1.82, 2.24) is 13.9 Å². The molecule has 1 aromatic heterocycles. The fraction of sp³-hybridized carbons (Fsp3) is 0.300. The zero-order valence-corrected chi connectivity index (χ0v) is 24.6. The van der Waals surface area contributed by atoms with E-state index in [0.717, 1.165) is 31.0 Å². The normalized spacial score (nSPS) is 14.2. The molecule has 0 aliphatic carbocycles. The number of anilines is 1. The average molecular weight is 593 g/mol. The van der Waals surface area contributed by atoms with E-state index in [1.165, 1.54) is 14.9 Å². The maximum Gasteiger partial charge on any atom is 0.266 e. The minimum absolute atomic E-state index is 0.0519. The molecule has 9 nitrogen and oxygen atoms in total. The number of para-hydroxylation sites is 3. The van der Waals surface area contributed by atoms with E-state index >= 15 is 0 Å². The van der Waals surface area contributed by atoms with E-state index in [0.29, 0.717) is 58.4 Å². The van der Waals surface area contributed by atoms with Gasteiger partial charge >= 0.3 is 0 Å². The monoisotopic (exact) mass is 592 g/mol. The Labute approximate surface area is 243 Å². The molecular formula is C30H32N4O5S2. The molecule has 2 heterocycles. The summed E-state index contributed by atoms with van der Waals surface area (Å²) in [5, 5.41) is 3.61. The van der Waals surface area contributed by atoms with E-state index < -0.39 is 10.0 Å². The van der Waals surface area contributed by atoms with Crippen molar-refractivity contribution in [2.45, 2.75) is 43.2 Å². The van der Waals surface area contributed by atoms with Crippen LogP contribution in [-0.4, -0.2) is 53.6 Å². The third-order valence-corrected chi connectivity index (χ3v) is 9.87. The number of ether oxygens (including phenoxy) is 1. The van der Waals surface area contributed by atoms with Gasteiger partial charge in [0.25, 0.3) is 5.56 Å². The van der Waals surface area contributed by atoms with Crippen LogP contribution in [0.5, 0.6) is 5.75 Å². The summed E-state index contributed by atoms with van der Waals surface area (Å²) in [4.78, 5) is 31.6. The molecular weight excluding hydrogens is 560 g/mol. The van der Waals surface area contributed by atoms with E-state index in [-0.39, 0.29) is 22.1 Å². The fourth-order valence-corrected chi connectivity index (χ4v) is 7.44. The van der Waals surface area contributed by atoms with Crippen molar-refractivity contribution in [3.63, 3.8) is 0 Å². The van der Waals surface area contributed by atoms with Crippen molar-refractivity contribution >= 4 is 44.3 Å². The van der Waals surface area contributed by atoms with Crippen molar-refractivity contribution in [3.8, 4) is 11.4 Å². The molecule has 1 fully saturated rings. The molecule has 1 saturated heterocycles. The van der Waals surface area contributed by atoms with Gasteiger partial charge in [-0.15, -0.1) is 0 Å². The number of thioether (sulfide) groups is 1. The highest BCUT2D eigenvalue weighted by Crippen LogP contribution is 2.29. The zero-order chi connectivity index (χ0) is 29.0. The second-order valence-electron chi connectivity index (χ2n) is 9.73. The Balaban J connectivity index is 1.41. The van der Waals surface area contributed by atoms with Gasteiger partial charge in [-0.25, -0.2) is 13.4 Å². The van der Waals surface area contributed by atoms with Gasteiger partial charge in [0.05, 0.1) is 33.8 Å². The van der Waals surface area contributed by atoms with Gasteiger partial charge in [0.15, 0.2) is 5.16 Å². The smallest absolute Gasteiger partial charge is 0.266 e. The number of carbonyl (C=O) groups is 1. The van der Waals surface area contributed by atoms with Crippen LogP contribution in [-0.2, 0) is 14.8 Å². The first-order valence-electron chi connectivity index (χ1n) is 13.6. The largest absolute Gasteiger partial charge is 0.492 e. The predicted octanol–water partition coefficient (Wildman–Crippen LogP) is 5.00. The standard InChI is InChI=1S/C30H32N4O5S2/c1-3-39-26-14-8-7-13-25(26)34-29(36)23-11-5-6-12-24(23)32-30(34)40-20-28(35)31-22-16-15-21(2)27(19-22)41(37,38)33-17-9-4-10-18-33/h5-8,11-16,19H,3-4,9-10,17-18,20H2,1-2H3,(H,31,35). The van der Waals surface area contributed by atoms with Crippen LogP contribution in [0, 0.1) is 6.92 Å². The first-order chi connectivity index (χ1) is 19.8. The molecule has 3 aromatic carbocycles. The zero-order valence-electron chi connectivity index (χ0n) is 23.0. The quantitative estimate of drug-likeness (QED) is 0.215. The number of hydrogen-bond donors (Lipinski definition) is 1. The van der Waals surface area contributed by atoms with Crippen LogP contribution < -0.4 is 15.6 Å². The van der Waals surface area contributed by atoms with E-state index in [2.05, 4.69) is 5.32 Å². The van der Waals surface area contributed by atoms with Crippen molar-refractivity contribution in [2.75, 3.05) is 30.8 Å². The number of sulfonamides is 1. The highest BCUT2D eigenvalue weighted by Gasteiger charge is 2.28. The van der Waals surface area contributed by atoms with E-state index in [4.69, 9.17) is 9.72 Å². The van der Waals surface area contributed by atoms with Gasteiger partial charge in [0, 0.05) is 18.8 Å².